The Morgan fingerprint density at radius 2 is 1.78 bits per heavy atom. The van der Waals surface area contributed by atoms with Crippen molar-refractivity contribution < 1.29 is 9.53 Å². The zero-order valence-electron chi connectivity index (χ0n) is 18.0. The van der Waals surface area contributed by atoms with Crippen LogP contribution in [0, 0.1) is 6.92 Å². The van der Waals surface area contributed by atoms with E-state index in [0.717, 1.165) is 28.2 Å². The van der Waals surface area contributed by atoms with Crippen LogP contribution in [-0.2, 0) is 6.61 Å². The molecular weight excluding hydrogens is 400 g/mol. The third kappa shape index (κ3) is 5.29. The van der Waals surface area contributed by atoms with Crippen molar-refractivity contribution in [3.8, 4) is 17.0 Å². The van der Waals surface area contributed by atoms with Gasteiger partial charge < -0.3 is 4.74 Å². The van der Waals surface area contributed by atoms with Gasteiger partial charge in [0, 0.05) is 5.56 Å². The Labute approximate surface area is 187 Å². The monoisotopic (exact) mass is 424 g/mol. The van der Waals surface area contributed by atoms with E-state index in [-0.39, 0.29) is 5.91 Å². The number of nitrogens with one attached hydrogen (secondary N) is 2. The number of aromatic amines is 1. The van der Waals surface area contributed by atoms with E-state index in [0.29, 0.717) is 18.0 Å². The van der Waals surface area contributed by atoms with Crippen LogP contribution in [0.15, 0.2) is 90.0 Å². The van der Waals surface area contributed by atoms with Gasteiger partial charge in [0.2, 0.25) is 0 Å². The molecule has 6 heteroatoms. The standard InChI is InChI=1S/C26H24N4O2/c1-18-11-13-21(14-12-18)19(2)27-30-26(31)25-16-24(28-29-25)22-9-6-10-23(15-22)32-17-20-7-4-3-5-8-20/h3-16H,17H2,1-2H3,(H,28,29)(H,30,31)/b27-19+. The maximum absolute atomic E-state index is 12.5. The summed E-state index contributed by atoms with van der Waals surface area (Å²) in [5.41, 5.74) is 8.36. The Balaban J connectivity index is 1.41. The van der Waals surface area contributed by atoms with Crippen LogP contribution in [0.4, 0.5) is 0 Å². The van der Waals surface area contributed by atoms with Gasteiger partial charge in [-0.1, -0.05) is 72.3 Å². The minimum Gasteiger partial charge on any atom is -0.489 e. The first-order valence-corrected chi connectivity index (χ1v) is 10.3. The highest BCUT2D eigenvalue weighted by Gasteiger charge is 2.11. The van der Waals surface area contributed by atoms with Gasteiger partial charge in [0.1, 0.15) is 18.1 Å². The van der Waals surface area contributed by atoms with Crippen LogP contribution in [0.3, 0.4) is 0 Å². The molecule has 2 N–H and O–H groups in total. The number of benzene rings is 3. The fourth-order valence-corrected chi connectivity index (χ4v) is 3.13. The maximum atomic E-state index is 12.5. The Morgan fingerprint density at radius 3 is 2.56 bits per heavy atom. The number of carbonyl (C=O) groups is 1. The molecule has 0 saturated heterocycles. The molecule has 0 saturated carbocycles. The number of aryl methyl sites for hydroxylation is 1. The van der Waals surface area contributed by atoms with Crippen LogP contribution in [0.2, 0.25) is 0 Å². The van der Waals surface area contributed by atoms with Crippen molar-refractivity contribution in [3.05, 3.63) is 107 Å². The largest absolute Gasteiger partial charge is 0.489 e. The van der Waals surface area contributed by atoms with Crippen molar-refractivity contribution in [2.45, 2.75) is 20.5 Å². The maximum Gasteiger partial charge on any atom is 0.289 e. The summed E-state index contributed by atoms with van der Waals surface area (Å²) in [6.45, 7) is 4.36. The molecule has 1 aromatic heterocycles. The highest BCUT2D eigenvalue weighted by Crippen LogP contribution is 2.23. The lowest BCUT2D eigenvalue weighted by molar-refractivity contribution is 0.0950. The van der Waals surface area contributed by atoms with E-state index in [1.165, 1.54) is 5.56 Å². The lowest BCUT2D eigenvalue weighted by atomic mass is 10.1. The molecule has 0 unspecified atom stereocenters. The Morgan fingerprint density at radius 1 is 1.00 bits per heavy atom. The summed E-state index contributed by atoms with van der Waals surface area (Å²) >= 11 is 0. The van der Waals surface area contributed by atoms with E-state index >= 15 is 0 Å². The second-order valence-electron chi connectivity index (χ2n) is 7.47. The summed E-state index contributed by atoms with van der Waals surface area (Å²) in [7, 11) is 0. The van der Waals surface area contributed by atoms with Crippen molar-refractivity contribution in [1.82, 2.24) is 15.6 Å². The molecule has 0 atom stereocenters. The Hall–Kier alpha value is -4.19. The van der Waals surface area contributed by atoms with Gasteiger partial charge in [0.15, 0.2) is 0 Å². The molecule has 0 radical (unpaired) electrons. The van der Waals surface area contributed by atoms with Crippen LogP contribution >= 0.6 is 0 Å². The molecule has 0 aliphatic rings. The number of nitrogens with zero attached hydrogens (tertiary/aromatic N) is 2. The quantitative estimate of drug-likeness (QED) is 0.319. The van der Waals surface area contributed by atoms with E-state index in [4.69, 9.17) is 4.74 Å². The minimum absolute atomic E-state index is 0.330. The SMILES string of the molecule is C/C(=N\NC(=O)c1cc(-c2cccc(OCc3ccccc3)c2)n[nH]1)c1ccc(C)cc1. The molecule has 3 aromatic carbocycles. The number of aromatic nitrogens is 2. The topological polar surface area (TPSA) is 79.4 Å². The predicted octanol–water partition coefficient (Wildman–Crippen LogP) is 5.12. The van der Waals surface area contributed by atoms with Crippen LogP contribution in [-0.4, -0.2) is 21.8 Å². The first kappa shape index (κ1) is 21.1. The molecule has 4 aromatic rings. The first-order chi connectivity index (χ1) is 15.6. The van der Waals surface area contributed by atoms with Crippen molar-refractivity contribution in [3.63, 3.8) is 0 Å². The summed E-state index contributed by atoms with van der Waals surface area (Å²) in [6, 6.07) is 27.3. The minimum atomic E-state index is -0.355. The average molecular weight is 425 g/mol. The third-order valence-corrected chi connectivity index (χ3v) is 5.00. The molecule has 6 nitrogen and oxygen atoms in total. The molecule has 0 aliphatic carbocycles. The fraction of sp³-hybridized carbons (Fsp3) is 0.115. The normalized spacial score (nSPS) is 11.2. The van der Waals surface area contributed by atoms with Crippen LogP contribution in [0.25, 0.3) is 11.3 Å². The second kappa shape index (κ2) is 9.75. The van der Waals surface area contributed by atoms with Gasteiger partial charge in [-0.05, 0) is 43.2 Å². The van der Waals surface area contributed by atoms with E-state index in [1.807, 2.05) is 92.7 Å². The van der Waals surface area contributed by atoms with Crippen molar-refractivity contribution in [2.24, 2.45) is 5.10 Å². The Kier molecular flexibility index (Phi) is 6.41. The number of hydrazone groups is 1. The third-order valence-electron chi connectivity index (χ3n) is 5.00. The smallest absolute Gasteiger partial charge is 0.289 e. The van der Waals surface area contributed by atoms with Crippen LogP contribution < -0.4 is 10.2 Å². The predicted molar refractivity (Wildman–Crippen MR) is 126 cm³/mol. The second-order valence-corrected chi connectivity index (χ2v) is 7.47. The zero-order chi connectivity index (χ0) is 22.3. The summed E-state index contributed by atoms with van der Waals surface area (Å²) in [5, 5.41) is 11.3. The molecule has 32 heavy (non-hydrogen) atoms. The molecule has 0 fully saturated rings. The van der Waals surface area contributed by atoms with Gasteiger partial charge in [-0.25, -0.2) is 5.43 Å². The van der Waals surface area contributed by atoms with E-state index in [1.54, 1.807) is 6.07 Å². The Bertz CT molecular complexity index is 1230. The summed E-state index contributed by atoms with van der Waals surface area (Å²) < 4.78 is 5.89. The van der Waals surface area contributed by atoms with Gasteiger partial charge in [-0.3, -0.25) is 9.89 Å². The van der Waals surface area contributed by atoms with Crippen LogP contribution in [0.5, 0.6) is 5.75 Å². The highest BCUT2D eigenvalue weighted by atomic mass is 16.5. The van der Waals surface area contributed by atoms with Crippen molar-refractivity contribution in [2.75, 3.05) is 0 Å². The number of amides is 1. The number of rotatable bonds is 7. The molecule has 0 aliphatic heterocycles. The zero-order valence-corrected chi connectivity index (χ0v) is 18.0. The molecular formula is C26H24N4O2. The van der Waals surface area contributed by atoms with Gasteiger partial charge in [-0.2, -0.15) is 10.2 Å². The van der Waals surface area contributed by atoms with Gasteiger partial charge in [0.05, 0.1) is 11.4 Å². The van der Waals surface area contributed by atoms with E-state index in [9.17, 15) is 4.79 Å². The van der Waals surface area contributed by atoms with E-state index in [2.05, 4.69) is 20.7 Å². The van der Waals surface area contributed by atoms with Crippen molar-refractivity contribution in [1.29, 1.82) is 0 Å². The molecule has 0 bridgehead atoms. The van der Waals surface area contributed by atoms with Gasteiger partial charge in [-0.15, -0.1) is 0 Å². The molecule has 160 valence electrons. The molecule has 1 heterocycles. The molecule has 4 rings (SSSR count). The number of H-pyrrole nitrogens is 1. The lowest BCUT2D eigenvalue weighted by Crippen LogP contribution is -2.19. The summed E-state index contributed by atoms with van der Waals surface area (Å²) in [5.74, 6) is 0.380. The fourth-order valence-electron chi connectivity index (χ4n) is 3.13. The highest BCUT2D eigenvalue weighted by molar-refractivity contribution is 6.00. The summed E-state index contributed by atoms with van der Waals surface area (Å²) in [4.78, 5) is 12.5. The van der Waals surface area contributed by atoms with E-state index < -0.39 is 0 Å². The van der Waals surface area contributed by atoms with Gasteiger partial charge >= 0.3 is 0 Å². The van der Waals surface area contributed by atoms with Crippen LogP contribution in [0.1, 0.15) is 34.1 Å². The lowest BCUT2D eigenvalue weighted by Gasteiger charge is -2.07. The number of carbonyl (C=O) groups excluding carboxylic acids is 1. The molecule has 1 amide bonds. The number of hydrogen-bond donors (Lipinski definition) is 2. The summed E-state index contributed by atoms with van der Waals surface area (Å²) in [6.07, 6.45) is 0. The number of ether oxygens (including phenoxy) is 1. The average Bonchev–Trinajstić information content (AvgIpc) is 3.33. The first-order valence-electron chi connectivity index (χ1n) is 10.3. The molecule has 0 spiro atoms. The van der Waals surface area contributed by atoms with Crippen molar-refractivity contribution >= 4 is 11.6 Å². The van der Waals surface area contributed by atoms with Gasteiger partial charge in [0.25, 0.3) is 5.91 Å². The number of hydrogen-bond acceptors (Lipinski definition) is 4.